The Labute approximate surface area is 352 Å². The highest BCUT2D eigenvalue weighted by Crippen LogP contribution is 2.45. The van der Waals surface area contributed by atoms with Crippen molar-refractivity contribution >= 4 is 67.7 Å². The smallest absolute Gasteiger partial charge is 0.408 e. The molecule has 1 unspecified atom stereocenters. The molecule has 3 heterocycles. The number of amides is 4. The Morgan fingerprint density at radius 1 is 1.03 bits per heavy atom. The van der Waals surface area contributed by atoms with E-state index in [0.29, 0.717) is 28.1 Å². The first-order chi connectivity index (χ1) is 27.6. The molecule has 5 atom stereocenters. The minimum Gasteiger partial charge on any atom is -0.497 e. The normalized spacial score (nSPS) is 20.9. The van der Waals surface area contributed by atoms with Crippen LogP contribution in [0.5, 0.6) is 11.5 Å². The number of ether oxygens (including phenoxy) is 3. The van der Waals surface area contributed by atoms with Gasteiger partial charge in [0.2, 0.25) is 11.8 Å². The number of likely N-dealkylation sites (tertiary alicyclic amines) is 1. The number of sulfonamides is 1. The Kier molecular flexibility index (Phi) is 12.1. The van der Waals surface area contributed by atoms with E-state index in [1.165, 1.54) is 23.1 Å². The van der Waals surface area contributed by atoms with Gasteiger partial charge in [-0.15, -0.1) is 17.9 Å². The van der Waals surface area contributed by atoms with Crippen LogP contribution < -0.4 is 24.8 Å². The van der Waals surface area contributed by atoms with Crippen LogP contribution in [-0.2, 0) is 29.1 Å². The summed E-state index contributed by atoms with van der Waals surface area (Å²) in [6.45, 7) is 14.1. The maximum absolute atomic E-state index is 14.7. The van der Waals surface area contributed by atoms with Gasteiger partial charge in [-0.25, -0.2) is 22.9 Å². The number of pyridine rings is 1. The zero-order valence-electron chi connectivity index (χ0n) is 33.8. The van der Waals surface area contributed by atoms with Gasteiger partial charge >= 0.3 is 6.09 Å². The fourth-order valence-electron chi connectivity index (χ4n) is 6.99. The Morgan fingerprint density at radius 3 is 2.34 bits per heavy atom. The van der Waals surface area contributed by atoms with Gasteiger partial charge in [0, 0.05) is 35.4 Å². The molecule has 59 heavy (non-hydrogen) atoms. The topological polar surface area (TPSA) is 182 Å². The third-order valence-electron chi connectivity index (χ3n) is 10.1. The molecule has 2 fully saturated rings. The molecule has 6 rings (SSSR count). The van der Waals surface area contributed by atoms with E-state index in [1.54, 1.807) is 66.9 Å². The SMILES string of the molecule is C=CC1C[C@]1(NC(=O)[C@@H]1C[C@@H](Oc2cc(-c3ccccc3)nc3cc(OC)ccc23)CN1C(=O)[C@@H](NC(=O)OC(C)(C)C)C(C)(C)C)C(=O)NS(=O)(=O)c1ccc(Cl)s1. The van der Waals surface area contributed by atoms with Crippen molar-refractivity contribution in [2.75, 3.05) is 13.7 Å². The third-order valence-corrected chi connectivity index (χ3v) is 13.1. The third kappa shape index (κ3) is 9.66. The van der Waals surface area contributed by atoms with Gasteiger partial charge in [0.15, 0.2) is 0 Å². The summed E-state index contributed by atoms with van der Waals surface area (Å²) in [6.07, 6.45) is -0.0802. The van der Waals surface area contributed by atoms with Crippen molar-refractivity contribution in [1.82, 2.24) is 25.2 Å². The van der Waals surface area contributed by atoms with E-state index >= 15 is 0 Å². The average molecular weight is 866 g/mol. The van der Waals surface area contributed by atoms with Gasteiger partial charge in [-0.3, -0.25) is 14.4 Å². The number of fused-ring (bicyclic) bond motifs is 1. The van der Waals surface area contributed by atoms with Crippen LogP contribution in [0.2, 0.25) is 4.34 Å². The van der Waals surface area contributed by atoms with Gasteiger partial charge in [0.05, 0.1) is 29.2 Å². The first-order valence-corrected chi connectivity index (χ1v) is 21.6. The van der Waals surface area contributed by atoms with Gasteiger partial charge in [-0.1, -0.05) is 68.8 Å². The number of aromatic nitrogens is 1. The van der Waals surface area contributed by atoms with Crippen molar-refractivity contribution in [2.45, 2.75) is 87.9 Å². The van der Waals surface area contributed by atoms with Crippen molar-refractivity contribution in [3.8, 4) is 22.8 Å². The van der Waals surface area contributed by atoms with E-state index in [1.807, 2.05) is 36.4 Å². The summed E-state index contributed by atoms with van der Waals surface area (Å²) in [5.74, 6) is -1.86. The second-order valence-corrected chi connectivity index (χ2v) is 20.3. The molecule has 1 aliphatic carbocycles. The lowest BCUT2D eigenvalue weighted by molar-refractivity contribution is -0.143. The lowest BCUT2D eigenvalue weighted by atomic mass is 9.85. The molecule has 1 saturated heterocycles. The molecular weight excluding hydrogens is 818 g/mol. The number of hydrogen-bond acceptors (Lipinski definition) is 11. The van der Waals surface area contributed by atoms with Crippen LogP contribution in [0.1, 0.15) is 54.4 Å². The van der Waals surface area contributed by atoms with Crippen LogP contribution >= 0.6 is 22.9 Å². The number of nitrogens with one attached hydrogen (secondary N) is 3. The second kappa shape index (κ2) is 16.5. The van der Waals surface area contributed by atoms with Crippen LogP contribution in [0.4, 0.5) is 4.79 Å². The Morgan fingerprint density at radius 2 is 1.75 bits per heavy atom. The zero-order chi connectivity index (χ0) is 43.1. The van der Waals surface area contributed by atoms with E-state index < -0.39 is 74.5 Å². The molecule has 314 valence electrons. The molecule has 0 radical (unpaired) electrons. The fourth-order valence-corrected chi connectivity index (χ4v) is 9.52. The van der Waals surface area contributed by atoms with Crippen LogP contribution in [0, 0.1) is 11.3 Å². The van der Waals surface area contributed by atoms with E-state index in [4.69, 9.17) is 30.8 Å². The summed E-state index contributed by atoms with van der Waals surface area (Å²) >= 11 is 6.74. The zero-order valence-corrected chi connectivity index (χ0v) is 36.2. The van der Waals surface area contributed by atoms with Gasteiger partial charge in [0.25, 0.3) is 15.9 Å². The number of methoxy groups -OCH3 is 1. The van der Waals surface area contributed by atoms with Gasteiger partial charge in [-0.2, -0.15) is 0 Å². The highest BCUT2D eigenvalue weighted by atomic mass is 35.5. The standard InChI is InChI=1S/C42H48ClN5O9S2/c1-9-25-22-42(25,38(51)47-59(53,54)34-18-17-33(43)58-34)46-36(49)31-20-27(23-48(31)37(50)35(40(2,3)4)45-39(52)57-41(5,6)7)56-32-21-29(24-13-11-10-12-14-24)44-30-19-26(55-8)15-16-28(30)32/h9-19,21,25,27,31,35H,1,20,22-23H2,2-8H3,(H,45,52)(H,46,49)(H,47,51)/t25?,27-,31+,35-,42-/m1/s1. The molecule has 0 spiro atoms. The number of halogens is 1. The minimum absolute atomic E-state index is 0.0238. The van der Waals surface area contributed by atoms with Gasteiger partial charge in [0.1, 0.15) is 45.0 Å². The summed E-state index contributed by atoms with van der Waals surface area (Å²) in [7, 11) is -2.78. The van der Waals surface area contributed by atoms with E-state index in [9.17, 15) is 27.6 Å². The van der Waals surface area contributed by atoms with Gasteiger partial charge in [-0.05, 0) is 56.9 Å². The van der Waals surface area contributed by atoms with Gasteiger partial charge < -0.3 is 29.7 Å². The molecule has 2 aromatic heterocycles. The molecule has 0 bridgehead atoms. The Hall–Kier alpha value is -5.19. The second-order valence-electron chi connectivity index (χ2n) is 16.7. The van der Waals surface area contributed by atoms with Crippen molar-refractivity contribution in [2.24, 2.45) is 11.3 Å². The lowest BCUT2D eigenvalue weighted by Gasteiger charge is -2.36. The van der Waals surface area contributed by atoms with Crippen molar-refractivity contribution < 1.29 is 41.8 Å². The van der Waals surface area contributed by atoms with Crippen molar-refractivity contribution in [3.63, 3.8) is 0 Å². The number of rotatable bonds is 12. The van der Waals surface area contributed by atoms with E-state index in [-0.39, 0.29) is 27.9 Å². The van der Waals surface area contributed by atoms with E-state index in [2.05, 4.69) is 21.9 Å². The summed E-state index contributed by atoms with van der Waals surface area (Å²) < 4.78 is 46.1. The van der Waals surface area contributed by atoms with Crippen LogP contribution in [0.15, 0.2) is 83.6 Å². The van der Waals surface area contributed by atoms with Crippen LogP contribution in [0.3, 0.4) is 0 Å². The summed E-state index contributed by atoms with van der Waals surface area (Å²) in [4.78, 5) is 62.4. The number of alkyl carbamates (subject to hydrolysis) is 1. The fraction of sp³-hybridized carbons (Fsp3) is 0.405. The molecule has 2 aromatic carbocycles. The molecule has 1 aliphatic heterocycles. The van der Waals surface area contributed by atoms with Crippen molar-refractivity contribution in [3.05, 3.63) is 83.7 Å². The maximum Gasteiger partial charge on any atom is 0.408 e. The molecule has 1 saturated carbocycles. The molecular formula is C42H48ClN5O9S2. The molecule has 17 heteroatoms. The molecule has 3 N–H and O–H groups in total. The maximum atomic E-state index is 14.7. The molecule has 4 amide bonds. The van der Waals surface area contributed by atoms with E-state index in [0.717, 1.165) is 16.9 Å². The summed E-state index contributed by atoms with van der Waals surface area (Å²) in [5, 5.41) is 6.16. The number of nitrogens with zero attached hydrogens (tertiary/aromatic N) is 2. The quantitative estimate of drug-likeness (QED) is 0.133. The Balaban J connectivity index is 1.35. The predicted molar refractivity (Wildman–Crippen MR) is 225 cm³/mol. The van der Waals surface area contributed by atoms with Crippen molar-refractivity contribution in [1.29, 1.82) is 0 Å². The molecule has 2 aliphatic rings. The summed E-state index contributed by atoms with van der Waals surface area (Å²) in [5.41, 5.74) is -1.35. The lowest BCUT2D eigenvalue weighted by Crippen LogP contribution is -2.60. The largest absolute Gasteiger partial charge is 0.497 e. The average Bonchev–Trinajstić information content (AvgIpc) is 3.43. The first-order valence-electron chi connectivity index (χ1n) is 18.9. The molecule has 4 aromatic rings. The number of hydrogen-bond donors (Lipinski definition) is 3. The number of carbonyl (C=O) groups excluding carboxylic acids is 4. The number of carbonyl (C=O) groups is 4. The van der Waals surface area contributed by atoms with Crippen LogP contribution in [-0.4, -0.2) is 85.1 Å². The number of thiophene rings is 1. The van der Waals surface area contributed by atoms with Crippen LogP contribution in [0.25, 0.3) is 22.2 Å². The number of benzene rings is 2. The molecule has 14 nitrogen and oxygen atoms in total. The first kappa shape index (κ1) is 43.4. The monoisotopic (exact) mass is 865 g/mol. The minimum atomic E-state index is -4.33. The highest BCUT2D eigenvalue weighted by Gasteiger charge is 2.61. The summed E-state index contributed by atoms with van der Waals surface area (Å²) in [6, 6.07) is 17.0. The highest BCUT2D eigenvalue weighted by molar-refractivity contribution is 7.92. The Bertz CT molecular complexity index is 2390. The predicted octanol–water partition coefficient (Wildman–Crippen LogP) is 6.48.